The van der Waals surface area contributed by atoms with E-state index in [1.807, 2.05) is 44.0 Å². The van der Waals surface area contributed by atoms with Crippen LogP contribution in [-0.4, -0.2) is 37.7 Å². The van der Waals surface area contributed by atoms with Crippen LogP contribution in [0.5, 0.6) is 5.75 Å². The Morgan fingerprint density at radius 1 is 1.37 bits per heavy atom. The molecule has 1 aromatic rings. The number of esters is 1. The lowest BCUT2D eigenvalue weighted by atomic mass is 10.0. The molecule has 4 nitrogen and oxygen atoms in total. The van der Waals surface area contributed by atoms with Gasteiger partial charge in [-0.15, -0.1) is 0 Å². The van der Waals surface area contributed by atoms with Crippen molar-refractivity contribution < 1.29 is 14.3 Å². The molecule has 0 spiro atoms. The van der Waals surface area contributed by atoms with Gasteiger partial charge in [-0.1, -0.05) is 15.9 Å². The molecule has 5 heteroatoms. The predicted molar refractivity (Wildman–Crippen MR) is 78.3 cm³/mol. The Bertz CT molecular complexity index is 460. The Labute approximate surface area is 122 Å². The van der Waals surface area contributed by atoms with Crippen LogP contribution in [0.4, 0.5) is 0 Å². The zero-order chi connectivity index (χ0) is 14.6. The first kappa shape index (κ1) is 16.0. The van der Waals surface area contributed by atoms with E-state index < -0.39 is 5.54 Å². The van der Waals surface area contributed by atoms with Crippen molar-refractivity contribution in [1.29, 1.82) is 0 Å². The summed E-state index contributed by atoms with van der Waals surface area (Å²) in [5.41, 5.74) is 0.318. The normalized spacial score (nSPS) is 11.5. The number of halogens is 1. The van der Waals surface area contributed by atoms with Crippen LogP contribution in [0.25, 0.3) is 0 Å². The lowest BCUT2D eigenvalue weighted by Gasteiger charge is -2.33. The molecule has 0 aliphatic carbocycles. The molecular formula is C14H20BrNO3. The topological polar surface area (TPSA) is 38.8 Å². The third-order valence-corrected chi connectivity index (χ3v) is 3.78. The van der Waals surface area contributed by atoms with Gasteiger partial charge in [-0.2, -0.15) is 0 Å². The number of carbonyl (C=O) groups is 1. The van der Waals surface area contributed by atoms with Crippen LogP contribution >= 0.6 is 15.9 Å². The van der Waals surface area contributed by atoms with Gasteiger partial charge in [0.1, 0.15) is 11.3 Å². The molecule has 0 unspecified atom stereocenters. The second kappa shape index (κ2) is 6.39. The maximum atomic E-state index is 11.8. The Morgan fingerprint density at radius 2 is 2.00 bits per heavy atom. The van der Waals surface area contributed by atoms with Gasteiger partial charge in [0, 0.05) is 16.6 Å². The van der Waals surface area contributed by atoms with Crippen molar-refractivity contribution in [2.24, 2.45) is 0 Å². The number of likely N-dealkylation sites (N-methyl/N-ethyl adjacent to an activating group) is 1. The minimum absolute atomic E-state index is 0.260. The van der Waals surface area contributed by atoms with E-state index in [4.69, 9.17) is 9.47 Å². The molecule has 1 aromatic carbocycles. The summed E-state index contributed by atoms with van der Waals surface area (Å²) in [6.07, 6.45) is 0. The number of carbonyl (C=O) groups excluding carboxylic acids is 1. The van der Waals surface area contributed by atoms with Crippen LogP contribution in [0.2, 0.25) is 0 Å². The Hall–Kier alpha value is -1.07. The molecule has 0 bridgehead atoms. The maximum absolute atomic E-state index is 11.8. The second-order valence-corrected chi connectivity index (χ2v) is 5.78. The Morgan fingerprint density at radius 3 is 2.53 bits per heavy atom. The van der Waals surface area contributed by atoms with Crippen molar-refractivity contribution in [3.05, 3.63) is 28.2 Å². The summed E-state index contributed by atoms with van der Waals surface area (Å²) in [5.74, 6) is 0.541. The van der Waals surface area contributed by atoms with Crippen molar-refractivity contribution in [2.75, 3.05) is 21.3 Å². The molecular weight excluding hydrogens is 310 g/mol. The zero-order valence-corrected chi connectivity index (χ0v) is 13.6. The molecule has 19 heavy (non-hydrogen) atoms. The van der Waals surface area contributed by atoms with Crippen molar-refractivity contribution in [2.45, 2.75) is 25.9 Å². The third-order valence-electron chi connectivity index (χ3n) is 3.29. The minimum Gasteiger partial charge on any atom is -0.496 e. The molecule has 0 radical (unpaired) electrons. The lowest BCUT2D eigenvalue weighted by Crippen LogP contribution is -2.48. The molecule has 1 rings (SSSR count). The fraction of sp³-hybridized carbons (Fsp3) is 0.500. The van der Waals surface area contributed by atoms with Gasteiger partial charge in [-0.3, -0.25) is 9.69 Å². The largest absolute Gasteiger partial charge is 0.496 e. The fourth-order valence-corrected chi connectivity index (χ4v) is 2.14. The maximum Gasteiger partial charge on any atom is 0.325 e. The molecule has 0 amide bonds. The molecule has 0 saturated carbocycles. The Balaban J connectivity index is 2.96. The van der Waals surface area contributed by atoms with Gasteiger partial charge in [-0.05, 0) is 39.1 Å². The standard InChI is InChI=1S/C14H20BrNO3/c1-14(2,13(17)19-5)16(3)9-10-8-11(15)6-7-12(10)18-4/h6-8H,9H2,1-5H3. The first-order valence-electron chi connectivity index (χ1n) is 5.95. The van der Waals surface area contributed by atoms with E-state index in [9.17, 15) is 4.79 Å². The van der Waals surface area contributed by atoms with Crippen LogP contribution in [-0.2, 0) is 16.1 Å². The fourth-order valence-electron chi connectivity index (χ4n) is 1.73. The van der Waals surface area contributed by atoms with E-state index in [0.29, 0.717) is 6.54 Å². The molecule has 106 valence electrons. The quantitative estimate of drug-likeness (QED) is 0.778. The number of nitrogens with zero attached hydrogens (tertiary/aromatic N) is 1. The SMILES string of the molecule is COC(=O)C(C)(C)N(C)Cc1cc(Br)ccc1OC. The van der Waals surface area contributed by atoms with Gasteiger partial charge in [0.25, 0.3) is 0 Å². The van der Waals surface area contributed by atoms with Crippen molar-refractivity contribution >= 4 is 21.9 Å². The van der Waals surface area contributed by atoms with E-state index in [1.54, 1.807) is 7.11 Å². The third kappa shape index (κ3) is 3.70. The summed E-state index contributed by atoms with van der Waals surface area (Å²) in [5, 5.41) is 0. The van der Waals surface area contributed by atoms with Crippen molar-refractivity contribution in [1.82, 2.24) is 4.90 Å². The smallest absolute Gasteiger partial charge is 0.325 e. The van der Waals surface area contributed by atoms with Crippen LogP contribution in [0, 0.1) is 0 Å². The zero-order valence-electron chi connectivity index (χ0n) is 12.0. The molecule has 0 saturated heterocycles. The highest BCUT2D eigenvalue weighted by Gasteiger charge is 2.33. The molecule has 0 N–H and O–H groups in total. The summed E-state index contributed by atoms with van der Waals surface area (Å²) in [6, 6.07) is 5.81. The number of rotatable bonds is 5. The number of hydrogen-bond acceptors (Lipinski definition) is 4. The van der Waals surface area contributed by atoms with Crippen molar-refractivity contribution in [3.8, 4) is 5.75 Å². The van der Waals surface area contributed by atoms with E-state index in [2.05, 4.69) is 15.9 Å². The number of ether oxygens (including phenoxy) is 2. The summed E-state index contributed by atoms with van der Waals surface area (Å²) < 4.78 is 11.1. The number of methoxy groups -OCH3 is 2. The molecule has 0 fully saturated rings. The first-order chi connectivity index (χ1) is 8.82. The highest BCUT2D eigenvalue weighted by Crippen LogP contribution is 2.26. The minimum atomic E-state index is -0.692. The Kier molecular flexibility index (Phi) is 5.38. The van der Waals surface area contributed by atoms with Crippen LogP contribution < -0.4 is 4.74 Å². The second-order valence-electron chi connectivity index (χ2n) is 4.86. The summed E-state index contributed by atoms with van der Waals surface area (Å²) in [6.45, 7) is 4.26. The van der Waals surface area contributed by atoms with Crippen LogP contribution in [0.15, 0.2) is 22.7 Å². The molecule has 0 aliphatic rings. The van der Waals surface area contributed by atoms with E-state index in [-0.39, 0.29) is 5.97 Å². The highest BCUT2D eigenvalue weighted by atomic mass is 79.9. The van der Waals surface area contributed by atoms with Crippen molar-refractivity contribution in [3.63, 3.8) is 0 Å². The van der Waals surface area contributed by atoms with Crippen LogP contribution in [0.1, 0.15) is 19.4 Å². The highest BCUT2D eigenvalue weighted by molar-refractivity contribution is 9.10. The van der Waals surface area contributed by atoms with Gasteiger partial charge in [0.05, 0.1) is 14.2 Å². The van der Waals surface area contributed by atoms with E-state index in [0.717, 1.165) is 15.8 Å². The molecule has 0 aromatic heterocycles. The average molecular weight is 330 g/mol. The van der Waals surface area contributed by atoms with Gasteiger partial charge in [0.15, 0.2) is 0 Å². The average Bonchev–Trinajstić information content (AvgIpc) is 2.37. The summed E-state index contributed by atoms with van der Waals surface area (Å²) in [7, 11) is 4.92. The molecule has 0 heterocycles. The lowest BCUT2D eigenvalue weighted by molar-refractivity contribution is -0.152. The van der Waals surface area contributed by atoms with E-state index in [1.165, 1.54) is 7.11 Å². The number of hydrogen-bond donors (Lipinski definition) is 0. The van der Waals surface area contributed by atoms with Gasteiger partial charge in [-0.25, -0.2) is 0 Å². The summed E-state index contributed by atoms with van der Waals surface area (Å²) in [4.78, 5) is 13.7. The predicted octanol–water partition coefficient (Wildman–Crippen LogP) is 2.84. The van der Waals surface area contributed by atoms with Crippen LogP contribution in [0.3, 0.4) is 0 Å². The van der Waals surface area contributed by atoms with Gasteiger partial charge in [0.2, 0.25) is 0 Å². The van der Waals surface area contributed by atoms with E-state index >= 15 is 0 Å². The molecule has 0 atom stereocenters. The van der Waals surface area contributed by atoms with Gasteiger partial charge >= 0.3 is 5.97 Å². The van der Waals surface area contributed by atoms with Gasteiger partial charge < -0.3 is 9.47 Å². The first-order valence-corrected chi connectivity index (χ1v) is 6.74. The molecule has 0 aliphatic heterocycles. The number of benzene rings is 1. The summed E-state index contributed by atoms with van der Waals surface area (Å²) >= 11 is 3.44. The monoisotopic (exact) mass is 329 g/mol.